The summed E-state index contributed by atoms with van der Waals surface area (Å²) in [5.41, 5.74) is -0.246. The van der Waals surface area contributed by atoms with Crippen molar-refractivity contribution in [3.63, 3.8) is 0 Å². The predicted octanol–water partition coefficient (Wildman–Crippen LogP) is 10.4. The lowest BCUT2D eigenvalue weighted by Gasteiger charge is -2.21. The van der Waals surface area contributed by atoms with Crippen molar-refractivity contribution in [2.75, 3.05) is 6.61 Å². The van der Waals surface area contributed by atoms with Crippen molar-refractivity contribution in [3.05, 3.63) is 11.6 Å². The maximum atomic E-state index is 12.1. The van der Waals surface area contributed by atoms with E-state index < -0.39 is 11.2 Å². The van der Waals surface area contributed by atoms with Gasteiger partial charge in [-0.05, 0) is 73.1 Å². The molecule has 0 spiro atoms. The number of unbranched alkanes of at least 4 members (excludes halogenated alkanes) is 14. The quantitative estimate of drug-likeness (QED) is 0.0321. The molecule has 0 aliphatic heterocycles. The standard InChI is InChI=1S/C38H65NO7/c1-7-8-9-10-11-12-13-14-15-16-17-18-19-20-24-31-35(43)32(39-27-22-21-26-38(5,6)45-30-40)29-33(41)36(31)44-28-23-25-34(42)46-37(2,3)4/h27,29-30,41,43H,7-26,28H2,1-6H3. The third-order valence-corrected chi connectivity index (χ3v) is 7.99. The zero-order valence-electron chi connectivity index (χ0n) is 30.0. The second-order valence-corrected chi connectivity index (χ2v) is 14.1. The molecule has 0 atom stereocenters. The third-order valence-electron chi connectivity index (χ3n) is 7.99. The molecule has 0 aromatic heterocycles. The summed E-state index contributed by atoms with van der Waals surface area (Å²) < 4.78 is 16.4. The van der Waals surface area contributed by atoms with E-state index >= 15 is 0 Å². The van der Waals surface area contributed by atoms with E-state index in [-0.39, 0.29) is 36.2 Å². The van der Waals surface area contributed by atoms with E-state index in [1.807, 2.05) is 34.6 Å². The molecule has 1 aromatic rings. The van der Waals surface area contributed by atoms with Gasteiger partial charge in [-0.15, -0.1) is 0 Å². The predicted molar refractivity (Wildman–Crippen MR) is 188 cm³/mol. The number of phenols is 2. The Hall–Kier alpha value is -2.77. The van der Waals surface area contributed by atoms with Crippen molar-refractivity contribution >= 4 is 24.3 Å². The molecule has 0 heterocycles. The smallest absolute Gasteiger partial charge is 0.306 e. The molecule has 1 aromatic carbocycles. The summed E-state index contributed by atoms with van der Waals surface area (Å²) in [6.45, 7) is 12.1. The van der Waals surface area contributed by atoms with Crippen LogP contribution in [0.3, 0.4) is 0 Å². The summed E-state index contributed by atoms with van der Waals surface area (Å²) in [5, 5.41) is 22.1. The van der Waals surface area contributed by atoms with Gasteiger partial charge in [0.2, 0.25) is 0 Å². The van der Waals surface area contributed by atoms with Crippen LogP contribution in [0.15, 0.2) is 11.1 Å². The molecule has 0 fully saturated rings. The first-order valence-electron chi connectivity index (χ1n) is 18.0. The van der Waals surface area contributed by atoms with Crippen LogP contribution >= 0.6 is 0 Å². The fourth-order valence-corrected chi connectivity index (χ4v) is 5.42. The molecule has 0 radical (unpaired) electrons. The highest BCUT2D eigenvalue weighted by molar-refractivity contribution is 5.72. The van der Waals surface area contributed by atoms with Crippen LogP contribution in [0.4, 0.5) is 5.69 Å². The lowest BCUT2D eigenvalue weighted by Crippen LogP contribution is -2.24. The first kappa shape index (κ1) is 41.3. The Morgan fingerprint density at radius 2 is 1.39 bits per heavy atom. The van der Waals surface area contributed by atoms with E-state index in [4.69, 9.17) is 14.2 Å². The van der Waals surface area contributed by atoms with Crippen molar-refractivity contribution in [1.82, 2.24) is 0 Å². The molecule has 0 aliphatic rings. The SMILES string of the molecule is CCCCCCCCCCCCCCCCc1c(O)c(N=CCCCC(C)(C)OC=O)cc(O)c1OCCCC(=O)OC(C)(C)C. The van der Waals surface area contributed by atoms with Gasteiger partial charge in [-0.2, -0.15) is 0 Å². The fraction of sp³-hybridized carbons (Fsp3) is 0.763. The zero-order chi connectivity index (χ0) is 34.3. The molecule has 2 N–H and O–H groups in total. The van der Waals surface area contributed by atoms with E-state index in [9.17, 15) is 19.8 Å². The van der Waals surface area contributed by atoms with Gasteiger partial charge in [0.05, 0.1) is 6.61 Å². The molecule has 0 saturated heterocycles. The lowest BCUT2D eigenvalue weighted by molar-refractivity contribution is -0.155. The van der Waals surface area contributed by atoms with Crippen molar-refractivity contribution in [2.24, 2.45) is 4.99 Å². The van der Waals surface area contributed by atoms with Crippen LogP contribution in [0.2, 0.25) is 0 Å². The van der Waals surface area contributed by atoms with Gasteiger partial charge in [0.25, 0.3) is 6.47 Å². The average Bonchev–Trinajstić information content (AvgIpc) is 2.97. The van der Waals surface area contributed by atoms with E-state index in [1.54, 1.807) is 6.21 Å². The fourth-order valence-electron chi connectivity index (χ4n) is 5.42. The van der Waals surface area contributed by atoms with Crippen molar-refractivity contribution < 1.29 is 34.0 Å². The van der Waals surface area contributed by atoms with Crippen LogP contribution in [0, 0.1) is 0 Å². The Balaban J connectivity index is 2.68. The highest BCUT2D eigenvalue weighted by Crippen LogP contribution is 2.44. The highest BCUT2D eigenvalue weighted by atomic mass is 16.6. The summed E-state index contributed by atoms with van der Waals surface area (Å²) in [5.74, 6) is -0.113. The summed E-state index contributed by atoms with van der Waals surface area (Å²) in [6, 6.07) is 1.42. The topological polar surface area (TPSA) is 115 Å². The molecule has 1 rings (SSSR count). The van der Waals surface area contributed by atoms with Gasteiger partial charge in [-0.25, -0.2) is 0 Å². The van der Waals surface area contributed by atoms with Crippen LogP contribution in [-0.4, -0.2) is 46.7 Å². The molecule has 0 unspecified atom stereocenters. The Kier molecular flexibility index (Phi) is 21.1. The van der Waals surface area contributed by atoms with Gasteiger partial charge in [0, 0.05) is 24.3 Å². The summed E-state index contributed by atoms with van der Waals surface area (Å²) in [6.07, 6.45) is 22.6. The third kappa shape index (κ3) is 19.7. The number of rotatable bonds is 27. The van der Waals surface area contributed by atoms with Crippen molar-refractivity contribution in [2.45, 2.75) is 181 Å². The first-order valence-corrected chi connectivity index (χ1v) is 18.0. The minimum Gasteiger partial charge on any atom is -0.505 e. The molecular weight excluding hydrogens is 582 g/mol. The van der Waals surface area contributed by atoms with Crippen LogP contribution in [-0.2, 0) is 25.5 Å². The summed E-state index contributed by atoms with van der Waals surface area (Å²) in [4.78, 5) is 27.2. The Morgan fingerprint density at radius 1 is 0.826 bits per heavy atom. The Bertz CT molecular complexity index is 1010. The maximum Gasteiger partial charge on any atom is 0.306 e. The molecule has 0 saturated carbocycles. The molecule has 264 valence electrons. The van der Waals surface area contributed by atoms with E-state index in [2.05, 4.69) is 11.9 Å². The summed E-state index contributed by atoms with van der Waals surface area (Å²) >= 11 is 0. The van der Waals surface area contributed by atoms with Gasteiger partial charge in [0.15, 0.2) is 11.5 Å². The van der Waals surface area contributed by atoms with E-state index in [0.29, 0.717) is 43.4 Å². The van der Waals surface area contributed by atoms with Gasteiger partial charge in [-0.1, -0.05) is 90.4 Å². The average molecular weight is 648 g/mol. The molecular formula is C38H65NO7. The Labute approximate surface area is 279 Å². The maximum absolute atomic E-state index is 12.1. The second kappa shape index (κ2) is 23.5. The number of phenolic OH excluding ortho intramolecular Hbond substituents is 2. The minimum atomic E-state index is -0.543. The van der Waals surface area contributed by atoms with E-state index in [0.717, 1.165) is 25.7 Å². The molecule has 46 heavy (non-hydrogen) atoms. The second-order valence-electron chi connectivity index (χ2n) is 14.1. The zero-order valence-corrected chi connectivity index (χ0v) is 30.0. The monoisotopic (exact) mass is 647 g/mol. The van der Waals surface area contributed by atoms with Crippen molar-refractivity contribution in [3.8, 4) is 17.2 Å². The number of esters is 1. The van der Waals surface area contributed by atoms with Crippen LogP contribution in [0.1, 0.15) is 169 Å². The number of carbonyl (C=O) groups excluding carboxylic acids is 2. The number of hydrogen-bond acceptors (Lipinski definition) is 8. The highest BCUT2D eigenvalue weighted by Gasteiger charge is 2.20. The van der Waals surface area contributed by atoms with Gasteiger partial charge in [-0.3, -0.25) is 14.6 Å². The number of benzene rings is 1. The number of nitrogens with zero attached hydrogens (tertiary/aromatic N) is 1. The lowest BCUT2D eigenvalue weighted by atomic mass is 10.0. The molecule has 8 heteroatoms. The largest absolute Gasteiger partial charge is 0.505 e. The number of aromatic hydroxyl groups is 2. The van der Waals surface area contributed by atoms with Crippen LogP contribution in [0.25, 0.3) is 0 Å². The number of hydrogen-bond donors (Lipinski definition) is 2. The van der Waals surface area contributed by atoms with Gasteiger partial charge < -0.3 is 24.4 Å². The molecule has 0 amide bonds. The van der Waals surface area contributed by atoms with Crippen LogP contribution < -0.4 is 4.74 Å². The molecule has 8 nitrogen and oxygen atoms in total. The van der Waals surface area contributed by atoms with Crippen molar-refractivity contribution in [1.29, 1.82) is 0 Å². The van der Waals surface area contributed by atoms with Gasteiger partial charge >= 0.3 is 5.97 Å². The first-order chi connectivity index (χ1) is 21.9. The Morgan fingerprint density at radius 3 is 1.93 bits per heavy atom. The summed E-state index contributed by atoms with van der Waals surface area (Å²) in [7, 11) is 0. The number of ether oxygens (including phenoxy) is 3. The minimum absolute atomic E-state index is 0.00973. The number of carbonyl (C=O) groups is 2. The van der Waals surface area contributed by atoms with E-state index in [1.165, 1.54) is 76.7 Å². The normalized spacial score (nSPS) is 12.0. The van der Waals surface area contributed by atoms with Gasteiger partial charge in [0.1, 0.15) is 22.6 Å². The molecule has 0 aliphatic carbocycles. The number of aliphatic imine (C=N–C) groups is 1. The molecule has 0 bridgehead atoms. The van der Waals surface area contributed by atoms with Crippen LogP contribution in [0.5, 0.6) is 17.2 Å².